The van der Waals surface area contributed by atoms with Crippen LogP contribution in [-0.2, 0) is 0 Å². The second-order valence-electron chi connectivity index (χ2n) is 4.39. The summed E-state index contributed by atoms with van der Waals surface area (Å²) in [6.07, 6.45) is 1.70. The number of carbonyl (C=O) groups excluding carboxylic acids is 1. The van der Waals surface area contributed by atoms with Crippen molar-refractivity contribution in [1.29, 1.82) is 0 Å². The van der Waals surface area contributed by atoms with Gasteiger partial charge in [-0.05, 0) is 30.3 Å². The number of rotatable bonds is 1. The zero-order chi connectivity index (χ0) is 12.8. The van der Waals surface area contributed by atoms with Crippen molar-refractivity contribution >= 4 is 28.4 Å². The zero-order valence-electron chi connectivity index (χ0n) is 9.95. The Morgan fingerprint density at radius 1 is 1.00 bits per heavy atom. The van der Waals surface area contributed by atoms with E-state index in [0.717, 1.165) is 11.1 Å². The number of pyridine rings is 2. The maximum absolute atomic E-state index is 12.2. The predicted molar refractivity (Wildman–Crippen MR) is 72.4 cm³/mol. The Labute approximate surface area is 109 Å². The smallest absolute Gasteiger partial charge is 0.267 e. The van der Waals surface area contributed by atoms with Gasteiger partial charge < -0.3 is 0 Å². The van der Waals surface area contributed by atoms with Crippen LogP contribution in [0.5, 0.6) is 0 Å². The first-order chi connectivity index (χ1) is 9.34. The normalized spacial score (nSPS) is 13.3. The van der Waals surface area contributed by atoms with Crippen molar-refractivity contribution < 1.29 is 4.79 Å². The molecule has 1 aliphatic heterocycles. The van der Waals surface area contributed by atoms with Gasteiger partial charge in [-0.25, -0.2) is 9.97 Å². The minimum Gasteiger partial charge on any atom is -0.268 e. The molecule has 0 saturated carbocycles. The van der Waals surface area contributed by atoms with Gasteiger partial charge in [0, 0.05) is 11.6 Å². The molecule has 4 nitrogen and oxygen atoms in total. The number of nitrogens with zero attached hydrogens (tertiary/aromatic N) is 3. The third-order valence-electron chi connectivity index (χ3n) is 3.23. The lowest BCUT2D eigenvalue weighted by Gasteiger charge is -2.32. The summed E-state index contributed by atoms with van der Waals surface area (Å²) >= 11 is 0. The van der Waals surface area contributed by atoms with E-state index in [1.165, 1.54) is 0 Å². The van der Waals surface area contributed by atoms with Gasteiger partial charge in [0.15, 0.2) is 11.5 Å². The molecule has 0 saturated heterocycles. The summed E-state index contributed by atoms with van der Waals surface area (Å²) in [5, 5.41) is 0.891. The van der Waals surface area contributed by atoms with Crippen molar-refractivity contribution in [3.05, 3.63) is 60.3 Å². The lowest BCUT2D eigenvalue weighted by atomic mass is 10.0. The molecule has 90 valence electrons. The molecule has 2 aromatic heterocycles. The largest absolute Gasteiger partial charge is 0.268 e. The number of aromatic nitrogens is 2. The Morgan fingerprint density at radius 2 is 1.84 bits per heavy atom. The lowest BCUT2D eigenvalue weighted by Crippen LogP contribution is -2.37. The van der Waals surface area contributed by atoms with E-state index in [0.29, 0.717) is 17.0 Å². The fraction of sp³-hybridized carbons (Fsp3) is 0. The maximum Gasteiger partial charge on any atom is 0.267 e. The number of para-hydroxylation sites is 1. The van der Waals surface area contributed by atoms with Crippen LogP contribution in [0.4, 0.5) is 11.5 Å². The number of anilines is 2. The second-order valence-corrected chi connectivity index (χ2v) is 4.39. The number of fused-ring (bicyclic) bond motifs is 2. The Bertz CT molecular complexity index is 799. The monoisotopic (exact) mass is 247 g/mol. The summed E-state index contributed by atoms with van der Waals surface area (Å²) in [5.41, 5.74) is 2.15. The minimum absolute atomic E-state index is 0.0144. The molecule has 0 N–H and O–H groups in total. The van der Waals surface area contributed by atoms with E-state index in [-0.39, 0.29) is 5.91 Å². The molecule has 0 radical (unpaired) electrons. The van der Waals surface area contributed by atoms with Gasteiger partial charge in [0.1, 0.15) is 0 Å². The highest BCUT2D eigenvalue weighted by Crippen LogP contribution is 2.38. The van der Waals surface area contributed by atoms with Crippen LogP contribution in [0.3, 0.4) is 0 Å². The van der Waals surface area contributed by atoms with E-state index >= 15 is 0 Å². The fourth-order valence-corrected chi connectivity index (χ4v) is 2.30. The van der Waals surface area contributed by atoms with Crippen molar-refractivity contribution in [1.82, 2.24) is 9.97 Å². The quantitative estimate of drug-likeness (QED) is 0.664. The van der Waals surface area contributed by atoms with Crippen LogP contribution in [-0.4, -0.2) is 15.9 Å². The Kier molecular flexibility index (Phi) is 1.94. The Morgan fingerprint density at radius 3 is 2.68 bits per heavy atom. The Balaban J connectivity index is 1.91. The topological polar surface area (TPSA) is 46.1 Å². The van der Waals surface area contributed by atoms with Crippen molar-refractivity contribution in [3.8, 4) is 0 Å². The first-order valence-corrected chi connectivity index (χ1v) is 6.00. The van der Waals surface area contributed by atoms with E-state index < -0.39 is 0 Å². The molecule has 0 fully saturated rings. The molecule has 0 bridgehead atoms. The zero-order valence-corrected chi connectivity index (χ0v) is 9.95. The fourth-order valence-electron chi connectivity index (χ4n) is 2.30. The van der Waals surface area contributed by atoms with Crippen LogP contribution in [0.1, 0.15) is 10.4 Å². The van der Waals surface area contributed by atoms with E-state index in [2.05, 4.69) is 9.97 Å². The van der Waals surface area contributed by atoms with Crippen molar-refractivity contribution in [2.75, 3.05) is 4.90 Å². The highest BCUT2D eigenvalue weighted by Gasteiger charge is 2.36. The van der Waals surface area contributed by atoms with Gasteiger partial charge in [-0.15, -0.1) is 0 Å². The van der Waals surface area contributed by atoms with E-state index in [4.69, 9.17) is 0 Å². The first-order valence-electron chi connectivity index (χ1n) is 6.00. The summed E-state index contributed by atoms with van der Waals surface area (Å²) in [5.74, 6) is 0.668. The SMILES string of the molecule is O=C1c2cc3cccnc3nc2N1c1ccccc1. The van der Waals surface area contributed by atoms with Gasteiger partial charge >= 0.3 is 0 Å². The molecule has 0 atom stereocenters. The summed E-state index contributed by atoms with van der Waals surface area (Å²) < 4.78 is 0. The molecular formula is C15H9N3O. The van der Waals surface area contributed by atoms with Gasteiger partial charge in [-0.3, -0.25) is 9.69 Å². The number of hydrogen-bond donors (Lipinski definition) is 0. The number of benzene rings is 1. The lowest BCUT2D eigenvalue weighted by molar-refractivity contribution is 0.0979. The highest BCUT2D eigenvalue weighted by molar-refractivity contribution is 6.23. The average molecular weight is 247 g/mol. The average Bonchev–Trinajstić information content (AvgIpc) is 2.47. The summed E-state index contributed by atoms with van der Waals surface area (Å²) in [6.45, 7) is 0. The number of amides is 1. The molecule has 4 heteroatoms. The van der Waals surface area contributed by atoms with Crippen LogP contribution < -0.4 is 4.90 Å². The van der Waals surface area contributed by atoms with Gasteiger partial charge in [-0.2, -0.15) is 0 Å². The van der Waals surface area contributed by atoms with Gasteiger partial charge in [0.2, 0.25) is 0 Å². The van der Waals surface area contributed by atoms with Crippen LogP contribution in [0, 0.1) is 0 Å². The molecule has 1 aliphatic rings. The third kappa shape index (κ3) is 1.37. The summed E-state index contributed by atoms with van der Waals surface area (Å²) in [4.78, 5) is 22.5. The minimum atomic E-state index is -0.0144. The molecule has 4 rings (SSSR count). The summed E-state index contributed by atoms with van der Waals surface area (Å²) in [7, 11) is 0. The maximum atomic E-state index is 12.2. The molecule has 0 spiro atoms. The predicted octanol–water partition coefficient (Wildman–Crippen LogP) is 2.92. The number of hydrogen-bond acceptors (Lipinski definition) is 3. The molecule has 3 aromatic rings. The Hall–Kier alpha value is -2.75. The van der Waals surface area contributed by atoms with Crippen LogP contribution in [0.2, 0.25) is 0 Å². The molecule has 3 heterocycles. The van der Waals surface area contributed by atoms with Gasteiger partial charge in [0.25, 0.3) is 5.91 Å². The molecule has 19 heavy (non-hydrogen) atoms. The molecular weight excluding hydrogens is 238 g/mol. The third-order valence-corrected chi connectivity index (χ3v) is 3.23. The van der Waals surface area contributed by atoms with Crippen LogP contribution in [0.15, 0.2) is 54.7 Å². The van der Waals surface area contributed by atoms with Crippen molar-refractivity contribution in [3.63, 3.8) is 0 Å². The van der Waals surface area contributed by atoms with E-state index in [1.807, 2.05) is 48.5 Å². The van der Waals surface area contributed by atoms with E-state index in [1.54, 1.807) is 11.1 Å². The molecule has 1 aromatic carbocycles. The standard InChI is InChI=1S/C15H9N3O/c19-15-12-9-10-5-4-8-16-13(10)17-14(12)18(15)11-6-2-1-3-7-11/h1-9H. The molecule has 0 unspecified atom stereocenters. The second kappa shape index (κ2) is 3.62. The van der Waals surface area contributed by atoms with Crippen LogP contribution >= 0.6 is 0 Å². The first kappa shape index (κ1) is 10.2. The summed E-state index contributed by atoms with van der Waals surface area (Å²) in [6, 6.07) is 15.1. The van der Waals surface area contributed by atoms with Gasteiger partial charge in [-0.1, -0.05) is 18.2 Å². The van der Waals surface area contributed by atoms with Crippen molar-refractivity contribution in [2.24, 2.45) is 0 Å². The molecule has 0 aliphatic carbocycles. The molecule has 1 amide bonds. The van der Waals surface area contributed by atoms with Crippen LogP contribution in [0.25, 0.3) is 11.0 Å². The van der Waals surface area contributed by atoms with E-state index in [9.17, 15) is 4.79 Å². The highest BCUT2D eigenvalue weighted by atomic mass is 16.2. The number of carbonyl (C=O) groups is 1. The van der Waals surface area contributed by atoms with Crippen molar-refractivity contribution in [2.45, 2.75) is 0 Å². The van der Waals surface area contributed by atoms with Gasteiger partial charge in [0.05, 0.1) is 11.3 Å².